The number of hydrogen-bond acceptors (Lipinski definition) is 6. The molecule has 29 heavy (non-hydrogen) atoms. The van der Waals surface area contributed by atoms with E-state index in [1.54, 1.807) is 18.2 Å². The Morgan fingerprint density at radius 2 is 1.97 bits per heavy atom. The lowest BCUT2D eigenvalue weighted by Gasteiger charge is -2.28. The number of nitrogens with zero attached hydrogens (tertiary/aromatic N) is 2. The quantitative estimate of drug-likeness (QED) is 0.553. The summed E-state index contributed by atoms with van der Waals surface area (Å²) in [6.45, 7) is 1.93. The van der Waals surface area contributed by atoms with Gasteiger partial charge < -0.3 is 19.7 Å². The summed E-state index contributed by atoms with van der Waals surface area (Å²) >= 11 is 0. The smallest absolute Gasteiger partial charge is 0.285 e. The van der Waals surface area contributed by atoms with Crippen LogP contribution < -0.4 is 25.2 Å². The van der Waals surface area contributed by atoms with Crippen molar-refractivity contribution in [2.24, 2.45) is 5.92 Å². The third kappa shape index (κ3) is 4.21. The predicted molar refractivity (Wildman–Crippen MR) is 102 cm³/mol. The fourth-order valence-corrected chi connectivity index (χ4v) is 3.66. The van der Waals surface area contributed by atoms with Crippen LogP contribution in [0.25, 0.3) is 0 Å². The first-order chi connectivity index (χ1) is 14.0. The molecule has 1 saturated heterocycles. The van der Waals surface area contributed by atoms with Crippen molar-refractivity contribution in [3.05, 3.63) is 57.0 Å². The Morgan fingerprint density at radius 3 is 2.72 bits per heavy atom. The van der Waals surface area contributed by atoms with Crippen LogP contribution in [0.4, 0.5) is 11.4 Å². The van der Waals surface area contributed by atoms with Crippen molar-refractivity contribution in [2.75, 3.05) is 25.2 Å². The maximum absolute atomic E-state index is 12.6. The average molecular weight is 401 g/mol. The molecule has 0 unspecified atom stereocenters. The fourth-order valence-electron chi connectivity index (χ4n) is 3.66. The first-order valence-electron chi connectivity index (χ1n) is 9.38. The van der Waals surface area contributed by atoms with E-state index in [0.717, 1.165) is 4.90 Å². The minimum absolute atomic E-state index is 0.0459. The molecule has 4 rings (SSSR count). The number of piperidine rings is 1. The molecule has 0 saturated carbocycles. The summed E-state index contributed by atoms with van der Waals surface area (Å²) in [6.07, 6.45) is 2.62. The summed E-state index contributed by atoms with van der Waals surface area (Å²) in [6, 6.07) is 7.71. The molecule has 2 aromatic rings. The monoisotopic (exact) mass is 401 g/mol. The number of nitrogens with one attached hydrogen (secondary N) is 2. The highest BCUT2D eigenvalue weighted by Crippen LogP contribution is 2.34. The van der Waals surface area contributed by atoms with Crippen LogP contribution in [0, 0.1) is 16.0 Å². The number of aromatic nitrogens is 1. The molecule has 0 spiro atoms. The number of anilines is 1. The van der Waals surface area contributed by atoms with E-state index >= 15 is 0 Å². The topological polar surface area (TPSA) is 117 Å². The van der Waals surface area contributed by atoms with Crippen LogP contribution in [0.15, 0.2) is 41.3 Å². The standard InChI is InChI=1S/C19H20N4O6/c24-18-4-2-15(23(26)27)10-22(18)11-21-7-5-13(6-8-21)19(25)20-14-1-3-16-17(9-14)29-12-28-16/h1-4,9-10,13H,5-8,11-12H2,(H,20,25)/p+1. The van der Waals surface area contributed by atoms with Gasteiger partial charge in [-0.15, -0.1) is 0 Å². The molecule has 2 N–H and O–H groups in total. The van der Waals surface area contributed by atoms with Crippen LogP contribution >= 0.6 is 0 Å². The van der Waals surface area contributed by atoms with Gasteiger partial charge in [0, 0.05) is 42.6 Å². The summed E-state index contributed by atoms with van der Waals surface area (Å²) in [7, 11) is 0. The second kappa shape index (κ2) is 7.92. The van der Waals surface area contributed by atoms with Crippen molar-refractivity contribution >= 4 is 17.3 Å². The highest BCUT2D eigenvalue weighted by molar-refractivity contribution is 5.92. The van der Waals surface area contributed by atoms with E-state index in [9.17, 15) is 19.7 Å². The van der Waals surface area contributed by atoms with Gasteiger partial charge in [-0.2, -0.15) is 0 Å². The number of benzene rings is 1. The molecule has 0 radical (unpaired) electrons. The summed E-state index contributed by atoms with van der Waals surface area (Å²) in [4.78, 5) is 36.1. The second-order valence-corrected chi connectivity index (χ2v) is 7.19. The summed E-state index contributed by atoms with van der Waals surface area (Å²) < 4.78 is 11.9. The minimum atomic E-state index is -0.516. The molecule has 2 aliphatic rings. The molecule has 0 aliphatic carbocycles. The van der Waals surface area contributed by atoms with Crippen LogP contribution in [-0.4, -0.2) is 35.3 Å². The van der Waals surface area contributed by atoms with Gasteiger partial charge in [0.15, 0.2) is 18.2 Å². The lowest BCUT2D eigenvalue weighted by molar-refractivity contribution is -0.928. The van der Waals surface area contributed by atoms with Crippen LogP contribution in [0.3, 0.4) is 0 Å². The Bertz CT molecular complexity index is 996. The Hall–Kier alpha value is -3.40. The number of quaternary nitrogens is 1. The van der Waals surface area contributed by atoms with Gasteiger partial charge >= 0.3 is 0 Å². The summed E-state index contributed by atoms with van der Waals surface area (Å²) in [5.41, 5.74) is 0.282. The Labute approximate surface area is 165 Å². The van der Waals surface area contributed by atoms with Gasteiger partial charge in [0.25, 0.3) is 11.2 Å². The first-order valence-corrected chi connectivity index (χ1v) is 9.38. The predicted octanol–water partition coefficient (Wildman–Crippen LogP) is 0.376. The number of nitro groups is 1. The van der Waals surface area contributed by atoms with E-state index in [2.05, 4.69) is 5.32 Å². The van der Waals surface area contributed by atoms with Crippen LogP contribution in [-0.2, 0) is 11.5 Å². The van der Waals surface area contributed by atoms with E-state index in [0.29, 0.717) is 49.8 Å². The highest BCUT2D eigenvalue weighted by Gasteiger charge is 2.28. The average Bonchev–Trinajstić information content (AvgIpc) is 3.18. The highest BCUT2D eigenvalue weighted by atomic mass is 16.7. The van der Waals surface area contributed by atoms with Gasteiger partial charge in [0.05, 0.1) is 24.2 Å². The third-order valence-corrected chi connectivity index (χ3v) is 5.28. The maximum atomic E-state index is 12.6. The Kier molecular flexibility index (Phi) is 5.17. The van der Waals surface area contributed by atoms with Crippen molar-refractivity contribution < 1.29 is 24.1 Å². The second-order valence-electron chi connectivity index (χ2n) is 7.19. The number of hydrogen-bond donors (Lipinski definition) is 2. The summed E-state index contributed by atoms with van der Waals surface area (Å²) in [5.74, 6) is 1.11. The van der Waals surface area contributed by atoms with Gasteiger partial charge in [-0.05, 0) is 12.1 Å². The number of carbonyl (C=O) groups is 1. The van der Waals surface area contributed by atoms with Gasteiger partial charge in [-0.25, -0.2) is 0 Å². The number of amides is 1. The molecule has 1 aromatic carbocycles. The van der Waals surface area contributed by atoms with Gasteiger partial charge in [-0.3, -0.25) is 24.3 Å². The van der Waals surface area contributed by atoms with Crippen LogP contribution in [0.2, 0.25) is 0 Å². The van der Waals surface area contributed by atoms with Crippen molar-refractivity contribution in [2.45, 2.75) is 19.5 Å². The molecular weight excluding hydrogens is 380 g/mol. The van der Waals surface area contributed by atoms with Crippen molar-refractivity contribution in [1.29, 1.82) is 0 Å². The Balaban J connectivity index is 1.32. The summed E-state index contributed by atoms with van der Waals surface area (Å²) in [5, 5.41) is 13.8. The van der Waals surface area contributed by atoms with Gasteiger partial charge in [0.2, 0.25) is 12.7 Å². The zero-order valence-electron chi connectivity index (χ0n) is 15.6. The van der Waals surface area contributed by atoms with E-state index in [4.69, 9.17) is 9.47 Å². The molecule has 3 heterocycles. The number of pyridine rings is 1. The van der Waals surface area contributed by atoms with E-state index < -0.39 is 4.92 Å². The molecule has 10 nitrogen and oxygen atoms in total. The number of ether oxygens (including phenoxy) is 2. The molecule has 1 aromatic heterocycles. The van der Waals surface area contributed by atoms with E-state index in [1.165, 1.54) is 22.9 Å². The van der Waals surface area contributed by atoms with Gasteiger partial charge in [0.1, 0.15) is 0 Å². The van der Waals surface area contributed by atoms with Crippen molar-refractivity contribution in [3.63, 3.8) is 0 Å². The molecular formula is C19H21N4O6+. The largest absolute Gasteiger partial charge is 0.454 e. The molecule has 1 fully saturated rings. The normalized spacial score (nSPS) is 20.3. The number of rotatable bonds is 5. The minimum Gasteiger partial charge on any atom is -0.454 e. The molecule has 0 bridgehead atoms. The van der Waals surface area contributed by atoms with Gasteiger partial charge in [-0.1, -0.05) is 0 Å². The van der Waals surface area contributed by atoms with Crippen LogP contribution in [0.5, 0.6) is 11.5 Å². The molecule has 0 atom stereocenters. The fraction of sp³-hybridized carbons (Fsp3) is 0.368. The molecule has 152 valence electrons. The number of likely N-dealkylation sites (tertiary alicyclic amines) is 1. The lowest BCUT2D eigenvalue weighted by Crippen LogP contribution is -3.12. The third-order valence-electron chi connectivity index (χ3n) is 5.28. The molecule has 1 amide bonds. The lowest BCUT2D eigenvalue weighted by atomic mass is 9.96. The van der Waals surface area contributed by atoms with E-state index in [-0.39, 0.29) is 29.9 Å². The zero-order valence-corrected chi connectivity index (χ0v) is 15.6. The van der Waals surface area contributed by atoms with E-state index in [1.807, 2.05) is 0 Å². The SMILES string of the molecule is O=C(Nc1ccc2c(c1)OCO2)C1CC[NH+](Cn2cc([N+](=O)[O-])ccc2=O)CC1. The molecule has 2 aliphatic heterocycles. The molecule has 10 heteroatoms. The van der Waals surface area contributed by atoms with Crippen molar-refractivity contribution in [3.8, 4) is 11.5 Å². The zero-order chi connectivity index (χ0) is 20.4. The number of carbonyl (C=O) groups excluding carboxylic acids is 1. The Morgan fingerprint density at radius 1 is 1.21 bits per heavy atom. The maximum Gasteiger partial charge on any atom is 0.285 e. The van der Waals surface area contributed by atoms with Crippen LogP contribution in [0.1, 0.15) is 12.8 Å². The van der Waals surface area contributed by atoms with Crippen molar-refractivity contribution in [1.82, 2.24) is 4.57 Å². The number of fused-ring (bicyclic) bond motifs is 1. The first kappa shape index (κ1) is 18.9.